The summed E-state index contributed by atoms with van der Waals surface area (Å²) in [7, 11) is 1.48. The summed E-state index contributed by atoms with van der Waals surface area (Å²) >= 11 is 5.98. The maximum Gasteiger partial charge on any atom is 0.266 e. The van der Waals surface area contributed by atoms with Crippen molar-refractivity contribution in [1.29, 1.82) is 0 Å². The summed E-state index contributed by atoms with van der Waals surface area (Å²) in [6.45, 7) is 1.31. The van der Waals surface area contributed by atoms with Gasteiger partial charge in [0.2, 0.25) is 5.91 Å². The second-order valence-corrected chi connectivity index (χ2v) is 7.39. The highest BCUT2D eigenvalue weighted by molar-refractivity contribution is 6.31. The van der Waals surface area contributed by atoms with E-state index >= 15 is 0 Å². The van der Waals surface area contributed by atoms with Crippen LogP contribution in [0.1, 0.15) is 41.9 Å². The quantitative estimate of drug-likeness (QED) is 0.750. The van der Waals surface area contributed by atoms with Gasteiger partial charge in [0, 0.05) is 17.3 Å². The molecule has 0 radical (unpaired) electrons. The maximum atomic E-state index is 12.8. The summed E-state index contributed by atoms with van der Waals surface area (Å²) < 4.78 is 6.38. The second-order valence-electron chi connectivity index (χ2n) is 6.96. The van der Waals surface area contributed by atoms with Crippen molar-refractivity contribution < 1.29 is 14.3 Å². The number of ether oxygens (including phenoxy) is 1. The van der Waals surface area contributed by atoms with Gasteiger partial charge in [0.15, 0.2) is 0 Å². The molecule has 154 valence electrons. The number of methoxy groups -OCH3 is 1. The van der Waals surface area contributed by atoms with Crippen LogP contribution in [0.2, 0.25) is 5.02 Å². The minimum absolute atomic E-state index is 0.0735. The van der Waals surface area contributed by atoms with Gasteiger partial charge in [-0.15, -0.1) is 0 Å². The largest absolute Gasteiger partial charge is 0.495 e. The predicted octanol–water partition coefficient (Wildman–Crippen LogP) is 2.52. The zero-order valence-electron chi connectivity index (χ0n) is 16.3. The van der Waals surface area contributed by atoms with Crippen LogP contribution < -0.4 is 20.9 Å². The number of amides is 2. The Balaban J connectivity index is 1.78. The van der Waals surface area contributed by atoms with E-state index in [0.29, 0.717) is 22.3 Å². The van der Waals surface area contributed by atoms with E-state index in [-0.39, 0.29) is 18.2 Å². The third kappa shape index (κ3) is 4.95. The van der Waals surface area contributed by atoms with Crippen molar-refractivity contribution in [2.24, 2.45) is 0 Å². The van der Waals surface area contributed by atoms with Gasteiger partial charge in [-0.1, -0.05) is 24.4 Å². The first-order valence-electron chi connectivity index (χ1n) is 9.39. The fourth-order valence-electron chi connectivity index (χ4n) is 3.36. The van der Waals surface area contributed by atoms with Crippen molar-refractivity contribution in [3.63, 3.8) is 0 Å². The smallest absolute Gasteiger partial charge is 0.266 e. The molecule has 0 saturated heterocycles. The average molecular weight is 419 g/mol. The monoisotopic (exact) mass is 418 g/mol. The number of aryl methyl sites for hydroxylation is 1. The first-order valence-corrected chi connectivity index (χ1v) is 9.77. The number of nitrogens with one attached hydrogen (secondary N) is 2. The first-order chi connectivity index (χ1) is 13.9. The minimum atomic E-state index is -0.554. The zero-order chi connectivity index (χ0) is 21.0. The number of halogens is 1. The van der Waals surface area contributed by atoms with Gasteiger partial charge < -0.3 is 15.4 Å². The molecule has 0 spiro atoms. The maximum absolute atomic E-state index is 12.8. The topological polar surface area (TPSA) is 102 Å². The van der Waals surface area contributed by atoms with Crippen LogP contribution in [0.15, 0.2) is 29.2 Å². The highest BCUT2D eigenvalue weighted by Gasteiger charge is 2.22. The van der Waals surface area contributed by atoms with Crippen LogP contribution in [-0.2, 0) is 11.3 Å². The fraction of sp³-hybridized carbons (Fsp3) is 0.400. The molecule has 1 aromatic heterocycles. The summed E-state index contributed by atoms with van der Waals surface area (Å²) in [5, 5.41) is 5.98. The molecule has 9 heteroatoms. The van der Waals surface area contributed by atoms with Gasteiger partial charge in [0.25, 0.3) is 11.5 Å². The van der Waals surface area contributed by atoms with E-state index in [2.05, 4.69) is 15.6 Å². The molecule has 0 unspecified atom stereocenters. The Morgan fingerprint density at radius 1 is 1.31 bits per heavy atom. The van der Waals surface area contributed by atoms with Crippen molar-refractivity contribution in [2.45, 2.75) is 45.2 Å². The average Bonchev–Trinajstić information content (AvgIpc) is 3.18. The lowest BCUT2D eigenvalue weighted by Crippen LogP contribution is -2.39. The number of carbonyl (C=O) groups is 2. The van der Waals surface area contributed by atoms with E-state index in [0.717, 1.165) is 25.7 Å². The van der Waals surface area contributed by atoms with E-state index in [1.807, 2.05) is 0 Å². The van der Waals surface area contributed by atoms with Gasteiger partial charge in [-0.2, -0.15) is 0 Å². The predicted molar refractivity (Wildman–Crippen MR) is 110 cm³/mol. The van der Waals surface area contributed by atoms with Crippen molar-refractivity contribution in [1.82, 2.24) is 14.9 Å². The number of carbonyl (C=O) groups excluding carboxylic acids is 2. The van der Waals surface area contributed by atoms with Crippen LogP contribution in [0.3, 0.4) is 0 Å². The summed E-state index contributed by atoms with van der Waals surface area (Å²) in [6, 6.07) is 4.90. The van der Waals surface area contributed by atoms with Gasteiger partial charge in [-0.05, 0) is 38.0 Å². The normalized spacial score (nSPS) is 13.9. The molecule has 0 bridgehead atoms. The van der Waals surface area contributed by atoms with Gasteiger partial charge in [-0.25, -0.2) is 4.98 Å². The lowest BCUT2D eigenvalue weighted by Gasteiger charge is -2.15. The SMILES string of the molecule is COc1ccc(Cl)cc1NC(=O)Cn1c(C)ncc(C(=O)NC2CCCC2)c1=O. The lowest BCUT2D eigenvalue weighted by molar-refractivity contribution is -0.116. The molecule has 0 aliphatic heterocycles. The van der Waals surface area contributed by atoms with Crippen LogP contribution in [0.25, 0.3) is 0 Å². The third-order valence-electron chi connectivity index (χ3n) is 4.92. The number of anilines is 1. The Bertz CT molecular complexity index is 983. The lowest BCUT2D eigenvalue weighted by atomic mass is 10.2. The van der Waals surface area contributed by atoms with Crippen molar-refractivity contribution in [3.8, 4) is 5.75 Å². The van der Waals surface area contributed by atoms with Crippen LogP contribution in [-0.4, -0.2) is 34.5 Å². The molecule has 8 nitrogen and oxygen atoms in total. The van der Waals surface area contributed by atoms with Crippen molar-refractivity contribution >= 4 is 29.1 Å². The summed E-state index contributed by atoms with van der Waals surface area (Å²) in [4.78, 5) is 41.9. The molecule has 29 heavy (non-hydrogen) atoms. The number of aromatic nitrogens is 2. The third-order valence-corrected chi connectivity index (χ3v) is 5.15. The molecule has 2 amide bonds. The minimum Gasteiger partial charge on any atom is -0.495 e. The molecule has 1 aliphatic rings. The standard InChI is InChI=1S/C20H23ClN4O4/c1-12-22-10-15(19(27)23-14-5-3-4-6-14)20(28)25(12)11-18(26)24-16-9-13(21)7-8-17(16)29-2/h7-10,14H,3-6,11H2,1-2H3,(H,23,27)(H,24,26). The van der Waals surface area contributed by atoms with E-state index in [4.69, 9.17) is 16.3 Å². The van der Waals surface area contributed by atoms with Crippen molar-refractivity contribution in [3.05, 3.63) is 51.2 Å². The molecule has 2 N–H and O–H groups in total. The summed E-state index contributed by atoms with van der Waals surface area (Å²) in [5.74, 6) is -0.152. The van der Waals surface area contributed by atoms with Crippen LogP contribution >= 0.6 is 11.6 Å². The van der Waals surface area contributed by atoms with Crippen LogP contribution in [0.5, 0.6) is 5.75 Å². The first kappa shape index (κ1) is 20.9. The van der Waals surface area contributed by atoms with E-state index in [1.54, 1.807) is 25.1 Å². The van der Waals surface area contributed by atoms with Crippen LogP contribution in [0.4, 0.5) is 5.69 Å². The molecule has 1 aliphatic carbocycles. The fourth-order valence-corrected chi connectivity index (χ4v) is 3.53. The molecule has 1 saturated carbocycles. The Kier molecular flexibility index (Phi) is 6.53. The van der Waals surface area contributed by atoms with Gasteiger partial charge >= 0.3 is 0 Å². The molecular formula is C20H23ClN4O4. The molecule has 1 heterocycles. The van der Waals surface area contributed by atoms with E-state index < -0.39 is 17.4 Å². The Morgan fingerprint density at radius 2 is 2.03 bits per heavy atom. The summed E-state index contributed by atoms with van der Waals surface area (Å²) in [5.41, 5.74) is -0.240. The van der Waals surface area contributed by atoms with E-state index in [1.165, 1.54) is 17.9 Å². The van der Waals surface area contributed by atoms with Crippen molar-refractivity contribution in [2.75, 3.05) is 12.4 Å². The van der Waals surface area contributed by atoms with Gasteiger partial charge in [-0.3, -0.25) is 19.0 Å². The molecule has 1 aromatic carbocycles. The number of hydrogen-bond acceptors (Lipinski definition) is 5. The Labute approximate surface area is 173 Å². The molecule has 1 fully saturated rings. The number of benzene rings is 1. The van der Waals surface area contributed by atoms with Gasteiger partial charge in [0.05, 0.1) is 12.8 Å². The Morgan fingerprint density at radius 3 is 2.72 bits per heavy atom. The highest BCUT2D eigenvalue weighted by Crippen LogP contribution is 2.27. The highest BCUT2D eigenvalue weighted by atomic mass is 35.5. The number of nitrogens with zero attached hydrogens (tertiary/aromatic N) is 2. The summed E-state index contributed by atoms with van der Waals surface area (Å²) in [6.07, 6.45) is 5.20. The van der Waals surface area contributed by atoms with E-state index in [9.17, 15) is 14.4 Å². The molecule has 3 rings (SSSR count). The van der Waals surface area contributed by atoms with Gasteiger partial charge in [0.1, 0.15) is 23.7 Å². The molecular weight excluding hydrogens is 396 g/mol. The van der Waals surface area contributed by atoms with Crippen LogP contribution in [0, 0.1) is 6.92 Å². The zero-order valence-corrected chi connectivity index (χ0v) is 17.1. The number of hydrogen-bond donors (Lipinski definition) is 2. The second kappa shape index (κ2) is 9.09. The molecule has 0 atom stereocenters. The Hall–Kier alpha value is -2.87. The number of rotatable bonds is 6. The molecule has 2 aromatic rings.